The topological polar surface area (TPSA) is 84.2 Å². The lowest BCUT2D eigenvalue weighted by molar-refractivity contribution is -0.383. The highest BCUT2D eigenvalue weighted by Crippen LogP contribution is 2.41. The van der Waals surface area contributed by atoms with Gasteiger partial charge in [-0.2, -0.15) is 0 Å². The lowest BCUT2D eigenvalue weighted by Gasteiger charge is -2.19. The Labute approximate surface area is 154 Å². The summed E-state index contributed by atoms with van der Waals surface area (Å²) < 4.78 is 0. The predicted molar refractivity (Wildman–Crippen MR) is 101 cm³/mol. The van der Waals surface area contributed by atoms with Crippen LogP contribution in [-0.2, 0) is 6.42 Å². The molecule has 1 aliphatic rings. The summed E-state index contributed by atoms with van der Waals surface area (Å²) in [6.07, 6.45) is 2.13. The van der Waals surface area contributed by atoms with E-state index in [1.54, 1.807) is 24.3 Å². The number of fused-ring (bicyclic) bond motifs is 1. The molecule has 0 saturated carbocycles. The van der Waals surface area contributed by atoms with Crippen molar-refractivity contribution in [1.29, 1.82) is 0 Å². The third kappa shape index (κ3) is 2.82. The predicted octanol–water partition coefficient (Wildman–Crippen LogP) is 4.48. The van der Waals surface area contributed by atoms with Crippen molar-refractivity contribution in [2.75, 3.05) is 16.8 Å². The molecule has 130 valence electrons. The second-order valence-corrected chi connectivity index (χ2v) is 6.19. The first-order valence-corrected chi connectivity index (χ1v) is 8.39. The van der Waals surface area contributed by atoms with Gasteiger partial charge in [0.05, 0.1) is 15.6 Å². The number of halogens is 1. The molecule has 1 N–H and O–H groups in total. The van der Waals surface area contributed by atoms with Gasteiger partial charge in [-0.1, -0.05) is 41.9 Å². The van der Waals surface area contributed by atoms with E-state index in [2.05, 4.69) is 15.3 Å². The van der Waals surface area contributed by atoms with Crippen LogP contribution in [0.3, 0.4) is 0 Å². The van der Waals surface area contributed by atoms with Crippen molar-refractivity contribution in [1.82, 2.24) is 9.97 Å². The maximum Gasteiger partial charge on any atom is 0.354 e. The van der Waals surface area contributed by atoms with E-state index in [9.17, 15) is 10.1 Å². The van der Waals surface area contributed by atoms with Gasteiger partial charge in [-0.15, -0.1) is 0 Å². The van der Waals surface area contributed by atoms with Gasteiger partial charge < -0.3 is 10.2 Å². The van der Waals surface area contributed by atoms with E-state index in [4.69, 9.17) is 11.6 Å². The Bertz CT molecular complexity index is 995. The summed E-state index contributed by atoms with van der Waals surface area (Å²) in [5, 5.41) is 15.2. The minimum absolute atomic E-state index is 0.109. The summed E-state index contributed by atoms with van der Waals surface area (Å²) in [7, 11) is 0. The first kappa shape index (κ1) is 16.3. The molecule has 1 aromatic heterocycles. The molecule has 8 heteroatoms. The zero-order valence-electron chi connectivity index (χ0n) is 13.6. The number of para-hydroxylation sites is 2. The van der Waals surface area contributed by atoms with Crippen molar-refractivity contribution in [3.8, 4) is 0 Å². The van der Waals surface area contributed by atoms with Crippen LogP contribution in [0.15, 0.2) is 54.9 Å². The average molecular weight is 368 g/mol. The Morgan fingerprint density at radius 2 is 1.88 bits per heavy atom. The molecule has 0 aliphatic carbocycles. The van der Waals surface area contributed by atoms with E-state index < -0.39 is 4.92 Å². The van der Waals surface area contributed by atoms with E-state index in [0.29, 0.717) is 17.3 Å². The monoisotopic (exact) mass is 367 g/mol. The molecule has 0 radical (unpaired) electrons. The second-order valence-electron chi connectivity index (χ2n) is 5.79. The van der Waals surface area contributed by atoms with Gasteiger partial charge in [-0.3, -0.25) is 10.1 Å². The van der Waals surface area contributed by atoms with Gasteiger partial charge in [0.25, 0.3) is 0 Å². The van der Waals surface area contributed by atoms with Crippen LogP contribution < -0.4 is 10.2 Å². The number of rotatable bonds is 4. The highest BCUT2D eigenvalue weighted by atomic mass is 35.5. The van der Waals surface area contributed by atoms with Crippen molar-refractivity contribution in [3.63, 3.8) is 0 Å². The molecule has 0 spiro atoms. The second kappa shape index (κ2) is 6.61. The number of nitrogens with one attached hydrogen (secondary N) is 1. The third-order valence-electron chi connectivity index (χ3n) is 4.26. The van der Waals surface area contributed by atoms with Crippen molar-refractivity contribution in [2.45, 2.75) is 6.42 Å². The number of hydrogen-bond acceptors (Lipinski definition) is 6. The molecule has 4 rings (SSSR count). The molecule has 26 heavy (non-hydrogen) atoms. The van der Waals surface area contributed by atoms with Gasteiger partial charge in [-0.25, -0.2) is 9.97 Å². The minimum atomic E-state index is -0.463. The molecule has 0 unspecified atom stereocenters. The van der Waals surface area contributed by atoms with Gasteiger partial charge >= 0.3 is 5.69 Å². The standard InChI is InChI=1S/C18H14ClN5O2/c19-13-6-2-3-7-14(13)22-17-16(24(25)26)18(21-11-20-17)23-10-9-12-5-1-4-8-15(12)23/h1-8,11H,9-10H2,(H,20,21,22). The molecule has 0 bridgehead atoms. The molecule has 7 nitrogen and oxygen atoms in total. The fraction of sp³-hybridized carbons (Fsp3) is 0.111. The highest BCUT2D eigenvalue weighted by Gasteiger charge is 2.31. The Morgan fingerprint density at radius 3 is 2.69 bits per heavy atom. The number of benzene rings is 2. The molecule has 2 aromatic carbocycles. The zero-order chi connectivity index (χ0) is 18.1. The van der Waals surface area contributed by atoms with Crippen molar-refractivity contribution in [2.24, 2.45) is 0 Å². The van der Waals surface area contributed by atoms with Crippen molar-refractivity contribution < 1.29 is 4.92 Å². The van der Waals surface area contributed by atoms with Crippen LogP contribution in [0.2, 0.25) is 5.02 Å². The van der Waals surface area contributed by atoms with Crippen LogP contribution in [0.4, 0.5) is 28.7 Å². The lowest BCUT2D eigenvalue weighted by atomic mass is 10.2. The summed E-state index contributed by atoms with van der Waals surface area (Å²) in [4.78, 5) is 21.5. The lowest BCUT2D eigenvalue weighted by Crippen LogP contribution is -2.17. The van der Waals surface area contributed by atoms with E-state index in [1.807, 2.05) is 29.2 Å². The van der Waals surface area contributed by atoms with Gasteiger partial charge in [0, 0.05) is 12.2 Å². The van der Waals surface area contributed by atoms with Crippen LogP contribution in [0, 0.1) is 10.1 Å². The highest BCUT2D eigenvalue weighted by molar-refractivity contribution is 6.33. The summed E-state index contributed by atoms with van der Waals surface area (Å²) in [5.74, 6) is 0.377. The van der Waals surface area contributed by atoms with Gasteiger partial charge in [0.15, 0.2) is 0 Å². The molecular formula is C18H14ClN5O2. The van der Waals surface area contributed by atoms with Crippen LogP contribution in [0.1, 0.15) is 5.56 Å². The smallest absolute Gasteiger partial charge is 0.333 e. The van der Waals surface area contributed by atoms with Crippen molar-refractivity contribution in [3.05, 3.63) is 75.6 Å². The summed E-state index contributed by atoms with van der Waals surface area (Å²) >= 11 is 6.15. The Balaban J connectivity index is 1.80. The Kier molecular flexibility index (Phi) is 4.14. The Hall–Kier alpha value is -3.19. The van der Waals surface area contributed by atoms with E-state index >= 15 is 0 Å². The van der Waals surface area contributed by atoms with Crippen LogP contribution in [0.5, 0.6) is 0 Å². The van der Waals surface area contributed by atoms with Crippen LogP contribution in [0.25, 0.3) is 0 Å². The summed E-state index contributed by atoms with van der Waals surface area (Å²) in [5.41, 5.74) is 2.44. The fourth-order valence-electron chi connectivity index (χ4n) is 3.07. The molecule has 0 amide bonds. The third-order valence-corrected chi connectivity index (χ3v) is 4.58. The summed E-state index contributed by atoms with van der Waals surface area (Å²) in [6.45, 7) is 0.628. The van der Waals surface area contributed by atoms with Crippen LogP contribution >= 0.6 is 11.6 Å². The van der Waals surface area contributed by atoms with Crippen LogP contribution in [-0.4, -0.2) is 21.4 Å². The fourth-order valence-corrected chi connectivity index (χ4v) is 3.26. The van der Waals surface area contributed by atoms with Crippen molar-refractivity contribution >= 4 is 40.3 Å². The number of nitro groups is 1. The van der Waals surface area contributed by atoms with E-state index in [0.717, 1.165) is 17.7 Å². The molecule has 0 saturated heterocycles. The number of hydrogen-bond donors (Lipinski definition) is 1. The van der Waals surface area contributed by atoms with E-state index in [1.165, 1.54) is 6.33 Å². The van der Waals surface area contributed by atoms with Gasteiger partial charge in [-0.05, 0) is 30.2 Å². The molecular weight excluding hydrogens is 354 g/mol. The maximum atomic E-state index is 11.8. The van der Waals surface area contributed by atoms with E-state index in [-0.39, 0.29) is 17.3 Å². The van der Waals surface area contributed by atoms with Gasteiger partial charge in [0.1, 0.15) is 6.33 Å². The molecule has 1 aliphatic heterocycles. The number of anilines is 4. The largest absolute Gasteiger partial charge is 0.354 e. The number of aromatic nitrogens is 2. The molecule has 0 atom stereocenters. The number of nitrogens with zero attached hydrogens (tertiary/aromatic N) is 4. The first-order valence-electron chi connectivity index (χ1n) is 8.01. The Morgan fingerprint density at radius 1 is 1.12 bits per heavy atom. The normalized spacial score (nSPS) is 12.7. The molecule has 0 fully saturated rings. The SMILES string of the molecule is O=[N+]([O-])c1c(Nc2ccccc2Cl)ncnc1N1CCc2ccccc21. The zero-order valence-corrected chi connectivity index (χ0v) is 14.3. The molecule has 2 heterocycles. The molecule has 3 aromatic rings. The maximum absolute atomic E-state index is 11.8. The van der Waals surface area contributed by atoms with Gasteiger partial charge in [0.2, 0.25) is 11.6 Å². The average Bonchev–Trinajstić information content (AvgIpc) is 3.07. The minimum Gasteiger partial charge on any atom is -0.333 e. The quantitative estimate of drug-likeness (QED) is 0.540. The first-order chi connectivity index (χ1) is 12.6. The summed E-state index contributed by atoms with van der Waals surface area (Å²) in [6, 6.07) is 14.8.